The molecule has 0 fully saturated rings. The number of hydrogen-bond acceptors (Lipinski definition) is 12. The van der Waals surface area contributed by atoms with Crippen LogP contribution in [-0.2, 0) is 117 Å². The van der Waals surface area contributed by atoms with Crippen LogP contribution in [0.4, 0.5) is 0 Å². The molecule has 0 bridgehead atoms. The summed E-state index contributed by atoms with van der Waals surface area (Å²) in [6, 6.07) is 0. The van der Waals surface area contributed by atoms with Crippen LogP contribution in [0.1, 0.15) is 0 Å². The molecule has 0 aliphatic rings. The molecule has 0 saturated carbocycles. The fraction of sp³-hybridized carbons (Fsp3) is 0. The molecule has 132 valence electrons. The first-order valence-electron chi connectivity index (χ1n) is 2.00. The zero-order chi connectivity index (χ0) is 13.5. The van der Waals surface area contributed by atoms with Gasteiger partial charge in [-0.3, -0.25) is 25.3 Å². The molecule has 0 saturated heterocycles. The van der Waals surface area contributed by atoms with Crippen molar-refractivity contribution in [3.8, 4) is 0 Å². The Labute approximate surface area is 168 Å². The van der Waals surface area contributed by atoms with Crippen LogP contribution in [0.25, 0.3) is 0 Å². The minimum atomic E-state index is -5.17. The Balaban J connectivity index is -0.0000000106. The monoisotopic (exact) mass is 544 g/mol. The van der Waals surface area contributed by atoms with E-state index in [0.717, 1.165) is 0 Å². The number of rotatable bonds is 0. The van der Waals surface area contributed by atoms with Crippen LogP contribution in [-0.4, -0.2) is 52.6 Å². The molecule has 0 spiro atoms. The molecule has 0 aliphatic heterocycles. The Morgan fingerprint density at radius 3 is 0.364 bits per heavy atom. The van der Waals surface area contributed by atoms with Gasteiger partial charge in [-0.05, 0) is 0 Å². The Bertz CT molecular complexity index is 348. The van der Waals surface area contributed by atoms with E-state index < -0.39 is 31.2 Å². The molecule has 0 heterocycles. The minimum Gasteiger partial charge on any atom is -2.00 e. The van der Waals surface area contributed by atoms with Crippen molar-refractivity contribution in [2.24, 2.45) is 0 Å². The molecule has 4 radical (unpaired) electrons. The summed E-state index contributed by atoms with van der Waals surface area (Å²) in [5.41, 5.74) is 0. The second-order valence-electron chi connectivity index (χ2n) is 1.22. The van der Waals surface area contributed by atoms with Gasteiger partial charge in [0.25, 0.3) is 0 Å². The third-order valence-corrected chi connectivity index (χ3v) is 0. The Kier molecular flexibility index (Phi) is 81.3. The van der Waals surface area contributed by atoms with E-state index in [4.69, 9.17) is 52.6 Å². The van der Waals surface area contributed by atoms with Crippen molar-refractivity contribution < 1.29 is 138 Å². The van der Waals surface area contributed by atoms with Crippen LogP contribution in [0.5, 0.6) is 0 Å². The second-order valence-corrected chi connectivity index (χ2v) is 3.67. The van der Waals surface area contributed by atoms with Crippen LogP contribution in [0.3, 0.4) is 0 Å². The molecule has 22 heteroatoms. The van der Waals surface area contributed by atoms with Crippen molar-refractivity contribution in [1.82, 2.24) is 0 Å². The van der Waals surface area contributed by atoms with Crippen molar-refractivity contribution in [2.45, 2.75) is 0 Å². The van der Waals surface area contributed by atoms with Crippen LogP contribution in [0.2, 0.25) is 0 Å². The standard InChI is InChI=1S/4Cr.3H2O4S.3O/c;;;;3*1-5(2,3)4;;;/h;;;;3*(H2,1,2,3,4);;;/q4*+3;;;;3*-2/p-6. The molecule has 0 aromatic carbocycles. The summed E-state index contributed by atoms with van der Waals surface area (Å²) in [6.07, 6.45) is 0. The summed E-state index contributed by atoms with van der Waals surface area (Å²) >= 11 is 0. The molecule has 0 atom stereocenters. The summed E-state index contributed by atoms with van der Waals surface area (Å²) in [7, 11) is -15.5. The summed E-state index contributed by atoms with van der Waals surface area (Å²) in [6.45, 7) is 0. The van der Waals surface area contributed by atoms with Crippen LogP contribution < -0.4 is 0 Å². The molecule has 0 aromatic rings. The maximum atomic E-state index is 8.52. The SMILES string of the molecule is O=S(=O)([O-])[O-].O=S(=O)([O-])[O-].O=S(=O)([O-])[O-].[Cr+3].[Cr+3].[Cr+3].[Cr+3].[O-2].[O-2].[O-2]. The maximum Gasteiger partial charge on any atom is 3.00 e. The summed E-state index contributed by atoms with van der Waals surface area (Å²) in [5.74, 6) is 0. The van der Waals surface area contributed by atoms with Crippen LogP contribution >= 0.6 is 0 Å². The quantitative estimate of drug-likeness (QED) is 0.206. The smallest absolute Gasteiger partial charge is 2.00 e. The maximum absolute atomic E-state index is 8.52. The predicted molar refractivity (Wildman–Crippen MR) is 33.5 cm³/mol. The van der Waals surface area contributed by atoms with Gasteiger partial charge in [0.05, 0.1) is 0 Å². The van der Waals surface area contributed by atoms with E-state index in [-0.39, 0.29) is 85.9 Å². The molecular weight excluding hydrogens is 544 g/mol. The third kappa shape index (κ3) is 3500. The van der Waals surface area contributed by atoms with Gasteiger partial charge in [0.1, 0.15) is 0 Å². The molecule has 0 N–H and O–H groups in total. The van der Waals surface area contributed by atoms with Gasteiger partial charge >= 0.3 is 69.4 Å². The van der Waals surface area contributed by atoms with Crippen molar-refractivity contribution >= 4 is 31.2 Å². The van der Waals surface area contributed by atoms with Crippen molar-refractivity contribution in [3.05, 3.63) is 0 Å². The first-order chi connectivity index (χ1) is 6.00. The first kappa shape index (κ1) is 65.1. The third-order valence-electron chi connectivity index (χ3n) is 0. The van der Waals surface area contributed by atoms with Crippen LogP contribution in [0.15, 0.2) is 0 Å². The van der Waals surface area contributed by atoms with Gasteiger partial charge in [-0.1, -0.05) is 0 Å². The zero-order valence-corrected chi connectivity index (χ0v) is 16.5. The molecule has 0 rings (SSSR count). The van der Waals surface area contributed by atoms with Gasteiger partial charge in [0, 0.05) is 31.2 Å². The molecule has 0 aliphatic carbocycles. The zero-order valence-electron chi connectivity index (χ0n) is 8.98. The van der Waals surface area contributed by atoms with Gasteiger partial charge < -0.3 is 43.7 Å². The molecule has 0 aromatic heterocycles. The average molecular weight is 544 g/mol. The van der Waals surface area contributed by atoms with E-state index in [1.807, 2.05) is 0 Å². The molecule has 22 heavy (non-hydrogen) atoms. The summed E-state index contributed by atoms with van der Waals surface area (Å²) < 4.78 is 102. The normalized spacial score (nSPS) is 7.91. The molecule has 0 amide bonds. The van der Waals surface area contributed by atoms with E-state index in [0.29, 0.717) is 0 Å². The van der Waals surface area contributed by atoms with E-state index >= 15 is 0 Å². The molecule has 15 nitrogen and oxygen atoms in total. The predicted octanol–water partition coefficient (Wildman–Crippen LogP) is -4.38. The van der Waals surface area contributed by atoms with Gasteiger partial charge in [0.15, 0.2) is 0 Å². The van der Waals surface area contributed by atoms with Gasteiger partial charge in [-0.15, -0.1) is 0 Å². The Morgan fingerprint density at radius 1 is 0.364 bits per heavy atom. The summed E-state index contributed by atoms with van der Waals surface area (Å²) in [5, 5.41) is 0. The van der Waals surface area contributed by atoms with Crippen molar-refractivity contribution in [2.75, 3.05) is 0 Å². The summed E-state index contributed by atoms with van der Waals surface area (Å²) in [4.78, 5) is 0. The van der Waals surface area contributed by atoms with Crippen LogP contribution in [0, 0.1) is 0 Å². The molecular formula is Cr4O15S3. The van der Waals surface area contributed by atoms with E-state index in [2.05, 4.69) is 0 Å². The van der Waals surface area contributed by atoms with Gasteiger partial charge in [0.2, 0.25) is 0 Å². The van der Waals surface area contributed by atoms with E-state index in [9.17, 15) is 0 Å². The largest absolute Gasteiger partial charge is 3.00 e. The minimum absolute atomic E-state index is 0. The van der Waals surface area contributed by atoms with E-state index in [1.54, 1.807) is 0 Å². The topological polar surface area (TPSA) is 326 Å². The van der Waals surface area contributed by atoms with Gasteiger partial charge in [-0.25, -0.2) is 0 Å². The second kappa shape index (κ2) is 27.5. The number of hydrogen-bond donors (Lipinski definition) is 0. The van der Waals surface area contributed by atoms with Gasteiger partial charge in [-0.2, -0.15) is 0 Å². The Morgan fingerprint density at radius 2 is 0.364 bits per heavy atom. The molecule has 0 unspecified atom stereocenters. The van der Waals surface area contributed by atoms with Crippen molar-refractivity contribution in [3.63, 3.8) is 0 Å². The van der Waals surface area contributed by atoms with E-state index in [1.165, 1.54) is 0 Å². The fourth-order valence-electron chi connectivity index (χ4n) is 0. The first-order valence-corrected chi connectivity index (χ1v) is 6.00. The Hall–Kier alpha value is 1.62. The fourth-order valence-corrected chi connectivity index (χ4v) is 0. The van der Waals surface area contributed by atoms with Crippen molar-refractivity contribution in [1.29, 1.82) is 0 Å². The average Bonchev–Trinajstić information content (AvgIpc) is 1.41.